The van der Waals surface area contributed by atoms with Gasteiger partial charge in [-0.1, -0.05) is 30.3 Å². The monoisotopic (exact) mass is 298 g/mol. The van der Waals surface area contributed by atoms with Gasteiger partial charge in [-0.3, -0.25) is 0 Å². The van der Waals surface area contributed by atoms with E-state index in [9.17, 15) is 5.11 Å². The summed E-state index contributed by atoms with van der Waals surface area (Å²) in [7, 11) is 0. The summed E-state index contributed by atoms with van der Waals surface area (Å²) in [6, 6.07) is 17.1. The van der Waals surface area contributed by atoms with Gasteiger partial charge in [-0.05, 0) is 29.8 Å². The van der Waals surface area contributed by atoms with E-state index in [1.165, 1.54) is 0 Å². The standard InChI is InChI=1S/C17H18N2O3/c20-11-17-15(21)10-16(22-17)12-6-8-14(9-7-12)19-18-13-4-2-1-3-5-13/h1-9,15-17,20-21H,10-11H2/t15?,16-,17+/m0/s1. The molecule has 3 atom stereocenters. The summed E-state index contributed by atoms with van der Waals surface area (Å²) in [5.41, 5.74) is 2.53. The molecule has 0 saturated carbocycles. The number of nitrogens with zero attached hydrogens (tertiary/aromatic N) is 2. The Hall–Kier alpha value is -2.08. The van der Waals surface area contributed by atoms with Crippen LogP contribution in [-0.4, -0.2) is 29.0 Å². The Labute approximate surface area is 128 Å². The fraction of sp³-hybridized carbons (Fsp3) is 0.294. The highest BCUT2D eigenvalue weighted by Crippen LogP contribution is 2.33. The van der Waals surface area contributed by atoms with E-state index in [1.807, 2.05) is 54.6 Å². The second-order valence-electron chi connectivity index (χ2n) is 5.28. The first-order chi connectivity index (χ1) is 10.8. The van der Waals surface area contributed by atoms with Crippen LogP contribution in [0.2, 0.25) is 0 Å². The van der Waals surface area contributed by atoms with Crippen molar-refractivity contribution in [2.45, 2.75) is 24.7 Å². The van der Waals surface area contributed by atoms with Gasteiger partial charge in [0.05, 0.1) is 30.2 Å². The molecule has 1 fully saturated rings. The third-order valence-electron chi connectivity index (χ3n) is 3.71. The Morgan fingerprint density at radius 2 is 1.59 bits per heavy atom. The maximum absolute atomic E-state index is 9.77. The van der Waals surface area contributed by atoms with Crippen molar-refractivity contribution in [1.29, 1.82) is 0 Å². The van der Waals surface area contributed by atoms with Gasteiger partial charge in [0.2, 0.25) is 0 Å². The van der Waals surface area contributed by atoms with Crippen LogP contribution in [0.4, 0.5) is 11.4 Å². The maximum Gasteiger partial charge on any atom is 0.107 e. The van der Waals surface area contributed by atoms with Gasteiger partial charge < -0.3 is 14.9 Å². The first-order valence-corrected chi connectivity index (χ1v) is 7.27. The lowest BCUT2D eigenvalue weighted by Crippen LogP contribution is -2.24. The van der Waals surface area contributed by atoms with Gasteiger partial charge in [-0.15, -0.1) is 0 Å². The third-order valence-corrected chi connectivity index (χ3v) is 3.71. The van der Waals surface area contributed by atoms with Crippen LogP contribution in [0.25, 0.3) is 0 Å². The molecule has 1 heterocycles. The second-order valence-corrected chi connectivity index (χ2v) is 5.28. The van der Waals surface area contributed by atoms with Crippen molar-refractivity contribution in [2.24, 2.45) is 10.2 Å². The first kappa shape index (κ1) is 14.8. The highest BCUT2D eigenvalue weighted by atomic mass is 16.5. The molecule has 1 unspecified atom stereocenters. The summed E-state index contributed by atoms with van der Waals surface area (Å²) in [4.78, 5) is 0. The van der Waals surface area contributed by atoms with Crippen molar-refractivity contribution < 1.29 is 14.9 Å². The molecule has 0 spiro atoms. The van der Waals surface area contributed by atoms with Crippen LogP contribution < -0.4 is 0 Å². The van der Waals surface area contributed by atoms with Crippen molar-refractivity contribution in [3.8, 4) is 0 Å². The number of hydrogen-bond donors (Lipinski definition) is 2. The van der Waals surface area contributed by atoms with E-state index >= 15 is 0 Å². The lowest BCUT2D eigenvalue weighted by Gasteiger charge is -2.12. The van der Waals surface area contributed by atoms with Gasteiger partial charge in [-0.2, -0.15) is 10.2 Å². The molecule has 2 aromatic carbocycles. The van der Waals surface area contributed by atoms with E-state index in [1.54, 1.807) is 0 Å². The van der Waals surface area contributed by atoms with Gasteiger partial charge in [-0.25, -0.2) is 0 Å². The van der Waals surface area contributed by atoms with Crippen LogP contribution in [0.1, 0.15) is 18.1 Å². The van der Waals surface area contributed by atoms with Crippen LogP contribution in [0.3, 0.4) is 0 Å². The van der Waals surface area contributed by atoms with Gasteiger partial charge >= 0.3 is 0 Å². The highest BCUT2D eigenvalue weighted by molar-refractivity contribution is 5.41. The molecule has 5 nitrogen and oxygen atoms in total. The van der Waals surface area contributed by atoms with Gasteiger partial charge in [0.25, 0.3) is 0 Å². The molecule has 2 N–H and O–H groups in total. The summed E-state index contributed by atoms with van der Waals surface area (Å²) >= 11 is 0. The number of azo groups is 1. The predicted octanol–water partition coefficient (Wildman–Crippen LogP) is 3.29. The van der Waals surface area contributed by atoms with E-state index < -0.39 is 12.2 Å². The lowest BCUT2D eigenvalue weighted by molar-refractivity contribution is -0.0225. The molecule has 0 aromatic heterocycles. The minimum Gasteiger partial charge on any atom is -0.394 e. The molecule has 5 heteroatoms. The zero-order chi connectivity index (χ0) is 15.4. The largest absolute Gasteiger partial charge is 0.394 e. The average molecular weight is 298 g/mol. The molecule has 1 saturated heterocycles. The van der Waals surface area contributed by atoms with E-state index in [-0.39, 0.29) is 12.7 Å². The molecular weight excluding hydrogens is 280 g/mol. The number of aliphatic hydroxyl groups excluding tert-OH is 2. The van der Waals surface area contributed by atoms with Crippen LogP contribution in [-0.2, 0) is 4.74 Å². The van der Waals surface area contributed by atoms with Crippen LogP contribution in [0, 0.1) is 0 Å². The van der Waals surface area contributed by atoms with Gasteiger partial charge in [0.1, 0.15) is 6.10 Å². The Bertz CT molecular complexity index is 628. The SMILES string of the molecule is OC[C@H]1O[C@H](c2ccc(N=Nc3ccccc3)cc2)CC1O. The molecule has 1 aliphatic heterocycles. The fourth-order valence-corrected chi connectivity index (χ4v) is 2.47. The molecule has 2 aromatic rings. The normalized spacial score (nSPS) is 24.9. The molecular formula is C17H18N2O3. The Morgan fingerprint density at radius 3 is 2.18 bits per heavy atom. The summed E-state index contributed by atoms with van der Waals surface area (Å²) in [6.45, 7) is -0.166. The van der Waals surface area contributed by atoms with E-state index in [2.05, 4.69) is 10.2 Å². The van der Waals surface area contributed by atoms with Crippen molar-refractivity contribution in [1.82, 2.24) is 0 Å². The number of aliphatic hydroxyl groups is 2. The molecule has 0 aliphatic carbocycles. The third kappa shape index (κ3) is 3.39. The van der Waals surface area contributed by atoms with Crippen LogP contribution >= 0.6 is 0 Å². The van der Waals surface area contributed by atoms with Crippen molar-refractivity contribution in [2.75, 3.05) is 6.61 Å². The van der Waals surface area contributed by atoms with Crippen LogP contribution in [0.15, 0.2) is 64.8 Å². The Balaban J connectivity index is 1.67. The quantitative estimate of drug-likeness (QED) is 0.851. The van der Waals surface area contributed by atoms with Crippen molar-refractivity contribution in [3.63, 3.8) is 0 Å². The second kappa shape index (κ2) is 6.79. The predicted molar refractivity (Wildman–Crippen MR) is 82.4 cm³/mol. The van der Waals surface area contributed by atoms with E-state index in [0.29, 0.717) is 6.42 Å². The Morgan fingerprint density at radius 1 is 0.955 bits per heavy atom. The van der Waals surface area contributed by atoms with E-state index in [0.717, 1.165) is 16.9 Å². The van der Waals surface area contributed by atoms with Crippen molar-refractivity contribution in [3.05, 3.63) is 60.2 Å². The molecule has 114 valence electrons. The fourth-order valence-electron chi connectivity index (χ4n) is 2.47. The zero-order valence-corrected chi connectivity index (χ0v) is 12.0. The molecule has 1 aliphatic rings. The summed E-state index contributed by atoms with van der Waals surface area (Å²) in [5, 5.41) is 27.2. The molecule has 0 radical (unpaired) electrons. The summed E-state index contributed by atoms with van der Waals surface area (Å²) in [5.74, 6) is 0. The molecule has 0 amide bonds. The molecule has 22 heavy (non-hydrogen) atoms. The average Bonchev–Trinajstić information content (AvgIpc) is 2.95. The number of hydrogen-bond acceptors (Lipinski definition) is 5. The molecule has 0 bridgehead atoms. The van der Waals surface area contributed by atoms with Crippen LogP contribution in [0.5, 0.6) is 0 Å². The van der Waals surface area contributed by atoms with Gasteiger partial charge in [0.15, 0.2) is 0 Å². The summed E-state index contributed by atoms with van der Waals surface area (Å²) in [6.07, 6.45) is -0.807. The number of ether oxygens (including phenoxy) is 1. The van der Waals surface area contributed by atoms with Gasteiger partial charge in [0, 0.05) is 6.42 Å². The maximum atomic E-state index is 9.77. The van der Waals surface area contributed by atoms with E-state index in [4.69, 9.17) is 9.84 Å². The number of benzene rings is 2. The zero-order valence-electron chi connectivity index (χ0n) is 12.0. The Kier molecular flexibility index (Phi) is 4.58. The highest BCUT2D eigenvalue weighted by Gasteiger charge is 2.34. The minimum absolute atomic E-state index is 0.166. The number of rotatable bonds is 4. The van der Waals surface area contributed by atoms with Crippen molar-refractivity contribution >= 4 is 11.4 Å². The topological polar surface area (TPSA) is 74.4 Å². The minimum atomic E-state index is -0.618. The smallest absolute Gasteiger partial charge is 0.107 e. The first-order valence-electron chi connectivity index (χ1n) is 7.27. The summed E-state index contributed by atoms with van der Waals surface area (Å²) < 4.78 is 5.62. The lowest BCUT2D eigenvalue weighted by atomic mass is 10.0. The molecule has 3 rings (SSSR count).